The maximum Gasteiger partial charge on any atom is 0.176 e. The molecule has 0 bridgehead atoms. The number of hydrogen-bond donors (Lipinski definition) is 0. The molecule has 0 spiro atoms. The molecule has 0 N–H and O–H groups in total. The van der Waals surface area contributed by atoms with Gasteiger partial charge >= 0.3 is 0 Å². The maximum atomic E-state index is 6.15. The summed E-state index contributed by atoms with van der Waals surface area (Å²) >= 11 is 1.64. The first-order valence-electron chi connectivity index (χ1n) is 6.99. The SMILES string of the molecule is CCCCC1OC(c2ccccc2)=CN1c1cncs1. The zero-order chi connectivity index (χ0) is 13.8. The predicted molar refractivity (Wildman–Crippen MR) is 83.4 cm³/mol. The highest BCUT2D eigenvalue weighted by molar-refractivity contribution is 7.13. The van der Waals surface area contributed by atoms with Crippen molar-refractivity contribution in [2.24, 2.45) is 0 Å². The fraction of sp³-hybridized carbons (Fsp3) is 0.312. The Morgan fingerprint density at radius 2 is 2.15 bits per heavy atom. The molecular formula is C16H18N2OS. The Labute approximate surface area is 123 Å². The molecule has 3 nitrogen and oxygen atoms in total. The molecular weight excluding hydrogens is 268 g/mol. The molecule has 104 valence electrons. The van der Waals surface area contributed by atoms with Crippen LogP contribution in [-0.4, -0.2) is 11.2 Å². The van der Waals surface area contributed by atoms with Crippen LogP contribution in [0.1, 0.15) is 31.7 Å². The van der Waals surface area contributed by atoms with Crippen LogP contribution in [0.15, 0.2) is 48.2 Å². The first kappa shape index (κ1) is 13.2. The van der Waals surface area contributed by atoms with Crippen LogP contribution >= 0.6 is 11.3 Å². The van der Waals surface area contributed by atoms with E-state index in [-0.39, 0.29) is 6.23 Å². The average Bonchev–Trinajstić information content (AvgIpc) is 3.15. The van der Waals surface area contributed by atoms with E-state index in [4.69, 9.17) is 4.74 Å². The third-order valence-electron chi connectivity index (χ3n) is 3.37. The molecule has 0 radical (unpaired) electrons. The molecule has 1 atom stereocenters. The number of thiazole rings is 1. The van der Waals surface area contributed by atoms with Crippen molar-refractivity contribution in [3.05, 3.63) is 53.8 Å². The van der Waals surface area contributed by atoms with Crippen molar-refractivity contribution >= 4 is 22.1 Å². The fourth-order valence-corrected chi connectivity index (χ4v) is 2.95. The Morgan fingerprint density at radius 3 is 2.85 bits per heavy atom. The molecule has 1 aromatic carbocycles. The van der Waals surface area contributed by atoms with Gasteiger partial charge in [0.2, 0.25) is 0 Å². The molecule has 0 aliphatic carbocycles. The van der Waals surface area contributed by atoms with Gasteiger partial charge in [-0.25, -0.2) is 0 Å². The van der Waals surface area contributed by atoms with Gasteiger partial charge in [0.15, 0.2) is 6.23 Å². The van der Waals surface area contributed by atoms with Crippen LogP contribution in [0.2, 0.25) is 0 Å². The predicted octanol–water partition coefficient (Wildman–Crippen LogP) is 4.49. The Kier molecular flexibility index (Phi) is 4.02. The number of aromatic nitrogens is 1. The van der Waals surface area contributed by atoms with Gasteiger partial charge in [0.1, 0.15) is 10.8 Å². The number of nitrogens with zero attached hydrogens (tertiary/aromatic N) is 2. The minimum absolute atomic E-state index is 0.0885. The van der Waals surface area contributed by atoms with Gasteiger partial charge in [-0.1, -0.05) is 43.7 Å². The Hall–Kier alpha value is -1.81. The van der Waals surface area contributed by atoms with E-state index in [9.17, 15) is 0 Å². The summed E-state index contributed by atoms with van der Waals surface area (Å²) in [6.07, 6.45) is 7.46. The van der Waals surface area contributed by atoms with Gasteiger partial charge in [0, 0.05) is 12.0 Å². The number of anilines is 1. The second kappa shape index (κ2) is 6.09. The van der Waals surface area contributed by atoms with E-state index in [1.165, 1.54) is 6.42 Å². The summed E-state index contributed by atoms with van der Waals surface area (Å²) in [5, 5.41) is 1.14. The summed E-state index contributed by atoms with van der Waals surface area (Å²) < 4.78 is 6.15. The topological polar surface area (TPSA) is 25.4 Å². The van der Waals surface area contributed by atoms with E-state index in [1.54, 1.807) is 11.3 Å². The van der Waals surface area contributed by atoms with Crippen LogP contribution in [0.4, 0.5) is 5.00 Å². The highest BCUT2D eigenvalue weighted by Crippen LogP contribution is 2.34. The summed E-state index contributed by atoms with van der Waals surface area (Å²) in [6.45, 7) is 2.21. The third kappa shape index (κ3) is 2.70. The monoisotopic (exact) mass is 286 g/mol. The number of benzene rings is 1. The first-order chi connectivity index (χ1) is 9.88. The van der Waals surface area contributed by atoms with Crippen molar-refractivity contribution in [1.29, 1.82) is 0 Å². The van der Waals surface area contributed by atoms with Crippen molar-refractivity contribution in [1.82, 2.24) is 4.98 Å². The molecule has 0 saturated carbocycles. The Bertz CT molecular complexity index is 565. The second-order valence-corrected chi connectivity index (χ2v) is 5.69. The molecule has 2 aromatic rings. The second-order valence-electron chi connectivity index (χ2n) is 4.82. The van der Waals surface area contributed by atoms with Gasteiger partial charge in [-0.15, -0.1) is 11.3 Å². The number of rotatable bonds is 5. The number of ether oxygens (including phenoxy) is 1. The molecule has 0 fully saturated rings. The van der Waals surface area contributed by atoms with Crippen LogP contribution in [-0.2, 0) is 4.74 Å². The lowest BCUT2D eigenvalue weighted by Crippen LogP contribution is -2.26. The third-order valence-corrected chi connectivity index (χ3v) is 4.15. The Morgan fingerprint density at radius 1 is 1.30 bits per heavy atom. The quantitative estimate of drug-likeness (QED) is 0.809. The number of hydrogen-bond acceptors (Lipinski definition) is 4. The van der Waals surface area contributed by atoms with Crippen LogP contribution in [0.3, 0.4) is 0 Å². The van der Waals surface area contributed by atoms with E-state index in [0.717, 1.165) is 29.2 Å². The maximum absolute atomic E-state index is 6.15. The molecule has 3 rings (SSSR count). The van der Waals surface area contributed by atoms with Gasteiger partial charge in [0.05, 0.1) is 17.9 Å². The molecule has 0 amide bonds. The van der Waals surface area contributed by atoms with E-state index in [0.29, 0.717) is 0 Å². The molecule has 20 heavy (non-hydrogen) atoms. The first-order valence-corrected chi connectivity index (χ1v) is 7.87. The van der Waals surface area contributed by atoms with Crippen molar-refractivity contribution in [2.45, 2.75) is 32.4 Å². The van der Waals surface area contributed by atoms with Gasteiger partial charge in [-0.05, 0) is 6.42 Å². The van der Waals surface area contributed by atoms with E-state index < -0.39 is 0 Å². The molecule has 1 aromatic heterocycles. The zero-order valence-electron chi connectivity index (χ0n) is 11.5. The summed E-state index contributed by atoms with van der Waals surface area (Å²) in [7, 11) is 0. The molecule has 1 aliphatic heterocycles. The summed E-state index contributed by atoms with van der Waals surface area (Å²) in [5.41, 5.74) is 2.99. The van der Waals surface area contributed by atoms with Gasteiger partial charge in [-0.3, -0.25) is 9.88 Å². The Balaban J connectivity index is 1.85. The molecule has 2 heterocycles. The van der Waals surface area contributed by atoms with Crippen molar-refractivity contribution in [2.75, 3.05) is 4.90 Å². The lowest BCUT2D eigenvalue weighted by Gasteiger charge is -2.22. The van der Waals surface area contributed by atoms with Crippen LogP contribution in [0.25, 0.3) is 5.76 Å². The van der Waals surface area contributed by atoms with Crippen LogP contribution < -0.4 is 4.90 Å². The van der Waals surface area contributed by atoms with Crippen molar-refractivity contribution < 1.29 is 4.74 Å². The van der Waals surface area contributed by atoms with Gasteiger partial charge in [-0.2, -0.15) is 0 Å². The zero-order valence-corrected chi connectivity index (χ0v) is 12.3. The van der Waals surface area contributed by atoms with E-state index in [2.05, 4.69) is 35.1 Å². The normalized spacial score (nSPS) is 17.9. The summed E-state index contributed by atoms with van der Waals surface area (Å²) in [6, 6.07) is 10.3. The largest absolute Gasteiger partial charge is 0.468 e. The number of unbranched alkanes of at least 4 members (excludes halogenated alkanes) is 1. The van der Waals surface area contributed by atoms with Gasteiger partial charge < -0.3 is 4.74 Å². The highest BCUT2D eigenvalue weighted by atomic mass is 32.1. The van der Waals surface area contributed by atoms with Crippen molar-refractivity contribution in [3.8, 4) is 0 Å². The molecule has 0 saturated heterocycles. The van der Waals surface area contributed by atoms with Crippen molar-refractivity contribution in [3.63, 3.8) is 0 Å². The highest BCUT2D eigenvalue weighted by Gasteiger charge is 2.28. The van der Waals surface area contributed by atoms with Crippen LogP contribution in [0, 0.1) is 0 Å². The van der Waals surface area contributed by atoms with Gasteiger partial charge in [0.25, 0.3) is 0 Å². The molecule has 1 aliphatic rings. The molecule has 1 unspecified atom stereocenters. The smallest absolute Gasteiger partial charge is 0.176 e. The fourth-order valence-electron chi connectivity index (χ4n) is 2.31. The summed E-state index contributed by atoms with van der Waals surface area (Å²) in [4.78, 5) is 6.38. The minimum Gasteiger partial charge on any atom is -0.468 e. The van der Waals surface area contributed by atoms with E-state index in [1.807, 2.05) is 29.9 Å². The summed E-state index contributed by atoms with van der Waals surface area (Å²) in [5.74, 6) is 0.945. The van der Waals surface area contributed by atoms with Crippen LogP contribution in [0.5, 0.6) is 0 Å². The molecule has 4 heteroatoms. The minimum atomic E-state index is 0.0885. The lowest BCUT2D eigenvalue weighted by molar-refractivity contribution is 0.179. The average molecular weight is 286 g/mol. The lowest BCUT2D eigenvalue weighted by atomic mass is 10.2. The van der Waals surface area contributed by atoms with E-state index >= 15 is 0 Å². The standard InChI is InChI=1S/C16H18N2OS/c1-2-3-9-15-18(16-10-17-12-20-16)11-14(19-15)13-7-5-4-6-8-13/h4-8,10-12,15H,2-3,9H2,1H3.